The summed E-state index contributed by atoms with van der Waals surface area (Å²) in [5.74, 6) is -1.16. The highest BCUT2D eigenvalue weighted by Crippen LogP contribution is 2.35. The van der Waals surface area contributed by atoms with Gasteiger partial charge in [0.25, 0.3) is 5.91 Å². The van der Waals surface area contributed by atoms with E-state index < -0.39 is 21.5 Å². The molecule has 1 aliphatic heterocycles. The van der Waals surface area contributed by atoms with Crippen LogP contribution in [-0.4, -0.2) is 35.4 Å². The maximum atomic E-state index is 13.4. The number of amides is 1. The van der Waals surface area contributed by atoms with Crippen molar-refractivity contribution < 1.29 is 13.2 Å². The van der Waals surface area contributed by atoms with Gasteiger partial charge in [-0.25, -0.2) is 13.4 Å². The fraction of sp³-hybridized carbons (Fsp3) is 0.200. The summed E-state index contributed by atoms with van der Waals surface area (Å²) in [6.07, 6.45) is 2.12. The molecule has 1 aliphatic rings. The third-order valence-electron chi connectivity index (χ3n) is 5.94. The average molecular weight is 478 g/mol. The summed E-state index contributed by atoms with van der Waals surface area (Å²) in [7, 11) is -2.06. The lowest BCUT2D eigenvalue weighted by Crippen LogP contribution is -2.32. The predicted molar refractivity (Wildman–Crippen MR) is 131 cm³/mol. The van der Waals surface area contributed by atoms with Gasteiger partial charge in [-0.3, -0.25) is 4.79 Å². The molecular formula is C25H23N3O3S2. The van der Waals surface area contributed by atoms with Crippen LogP contribution in [0, 0.1) is 6.92 Å². The Labute approximate surface area is 196 Å². The molecule has 0 unspecified atom stereocenters. The lowest BCUT2D eigenvalue weighted by Gasteiger charge is -2.22. The number of hydrogen-bond acceptors (Lipinski definition) is 5. The van der Waals surface area contributed by atoms with E-state index in [1.54, 1.807) is 41.3 Å². The van der Waals surface area contributed by atoms with E-state index in [-0.39, 0.29) is 10.9 Å². The first-order valence-electron chi connectivity index (χ1n) is 10.6. The molecule has 1 atom stereocenters. The molecular weight excluding hydrogens is 454 g/mol. The average Bonchev–Trinajstić information content (AvgIpc) is 3.53. The molecule has 5 rings (SSSR count). The molecule has 0 spiro atoms. The summed E-state index contributed by atoms with van der Waals surface area (Å²) in [6, 6.07) is 18.8. The maximum Gasteiger partial charge on any atom is 0.258 e. The number of benzene rings is 2. The first-order valence-corrected chi connectivity index (χ1v) is 13.1. The van der Waals surface area contributed by atoms with Crippen LogP contribution in [0.2, 0.25) is 0 Å². The van der Waals surface area contributed by atoms with Gasteiger partial charge in [0.15, 0.2) is 9.84 Å². The first-order chi connectivity index (χ1) is 15.8. The second kappa shape index (κ2) is 8.28. The number of fused-ring (bicyclic) bond motifs is 1. The molecule has 0 fully saturated rings. The molecule has 0 radical (unpaired) electrons. The van der Waals surface area contributed by atoms with E-state index >= 15 is 0 Å². The van der Waals surface area contributed by atoms with Crippen molar-refractivity contribution in [3.63, 3.8) is 0 Å². The molecule has 2 aromatic heterocycles. The van der Waals surface area contributed by atoms with Gasteiger partial charge < -0.3 is 4.57 Å². The van der Waals surface area contributed by atoms with Crippen LogP contribution < -0.4 is 0 Å². The highest BCUT2D eigenvalue weighted by molar-refractivity contribution is 7.92. The van der Waals surface area contributed by atoms with E-state index in [1.807, 2.05) is 60.8 Å². The second-order valence-corrected chi connectivity index (χ2v) is 11.2. The van der Waals surface area contributed by atoms with Crippen molar-refractivity contribution in [2.24, 2.45) is 12.1 Å². The van der Waals surface area contributed by atoms with Crippen molar-refractivity contribution in [3.05, 3.63) is 88.2 Å². The van der Waals surface area contributed by atoms with Crippen molar-refractivity contribution in [1.29, 1.82) is 0 Å². The van der Waals surface area contributed by atoms with E-state index in [0.717, 1.165) is 27.2 Å². The molecule has 0 N–H and O–H groups in total. The fourth-order valence-corrected chi connectivity index (χ4v) is 6.40. The van der Waals surface area contributed by atoms with Gasteiger partial charge in [0, 0.05) is 30.6 Å². The van der Waals surface area contributed by atoms with E-state index in [0.29, 0.717) is 11.8 Å². The van der Waals surface area contributed by atoms with E-state index in [9.17, 15) is 13.2 Å². The summed E-state index contributed by atoms with van der Waals surface area (Å²) in [6.45, 7) is 2.01. The molecule has 0 aliphatic carbocycles. The standard InChI is InChI=1S/C25H23N3O3S2/c1-17-9-11-18(12-10-17)22-14-20(23-8-5-13-32-23)26-28(22)25(29)16-33(30,31)24-15-27(2)21-7-4-3-6-19(21)24/h3-13,15,22H,14,16H2,1-2H3/t22-/m0/s1. The number of hydrazone groups is 1. The van der Waals surface area contributed by atoms with Gasteiger partial charge in [-0.05, 0) is 30.0 Å². The van der Waals surface area contributed by atoms with E-state index in [2.05, 4.69) is 5.10 Å². The number of hydrogen-bond donors (Lipinski definition) is 0. The van der Waals surface area contributed by atoms with Crippen LogP contribution in [0.3, 0.4) is 0 Å². The van der Waals surface area contributed by atoms with Crippen LogP contribution >= 0.6 is 11.3 Å². The summed E-state index contributed by atoms with van der Waals surface area (Å²) in [5, 5.41) is 8.54. The first kappa shape index (κ1) is 21.6. The Kier molecular flexibility index (Phi) is 5.42. The minimum absolute atomic E-state index is 0.169. The Hall–Kier alpha value is -3.23. The molecule has 3 heterocycles. The van der Waals surface area contributed by atoms with E-state index in [1.165, 1.54) is 5.01 Å². The number of sulfone groups is 1. The monoisotopic (exact) mass is 477 g/mol. The van der Waals surface area contributed by atoms with Crippen LogP contribution in [0.25, 0.3) is 10.9 Å². The topological polar surface area (TPSA) is 71.7 Å². The van der Waals surface area contributed by atoms with Crippen LogP contribution in [0.4, 0.5) is 0 Å². The largest absolute Gasteiger partial charge is 0.349 e. The van der Waals surface area contributed by atoms with Gasteiger partial charge in [-0.2, -0.15) is 5.10 Å². The Morgan fingerprint density at radius 2 is 1.85 bits per heavy atom. The SMILES string of the molecule is Cc1ccc([C@@H]2CC(c3cccs3)=NN2C(=O)CS(=O)(=O)c2cn(C)c3ccccc23)cc1. The number of carbonyl (C=O) groups is 1. The lowest BCUT2D eigenvalue weighted by molar-refractivity contribution is -0.130. The molecule has 33 heavy (non-hydrogen) atoms. The quantitative estimate of drug-likeness (QED) is 0.418. The molecule has 0 bridgehead atoms. The molecule has 4 aromatic rings. The van der Waals surface area contributed by atoms with Gasteiger partial charge in [0.2, 0.25) is 0 Å². The van der Waals surface area contributed by atoms with Crippen molar-refractivity contribution >= 4 is 43.7 Å². The summed E-state index contributed by atoms with van der Waals surface area (Å²) < 4.78 is 28.4. The maximum absolute atomic E-state index is 13.4. The van der Waals surface area contributed by atoms with Gasteiger partial charge >= 0.3 is 0 Å². The van der Waals surface area contributed by atoms with Crippen LogP contribution in [0.1, 0.15) is 28.5 Å². The van der Waals surface area contributed by atoms with Crippen molar-refractivity contribution in [1.82, 2.24) is 9.58 Å². The minimum Gasteiger partial charge on any atom is -0.349 e. The Morgan fingerprint density at radius 1 is 1.09 bits per heavy atom. The highest BCUT2D eigenvalue weighted by atomic mass is 32.2. The number of carbonyl (C=O) groups excluding carboxylic acids is 1. The van der Waals surface area contributed by atoms with Crippen LogP contribution in [0.5, 0.6) is 0 Å². The molecule has 168 valence electrons. The minimum atomic E-state index is -3.87. The summed E-state index contributed by atoms with van der Waals surface area (Å²) in [4.78, 5) is 14.5. The van der Waals surface area contributed by atoms with Gasteiger partial charge in [0.05, 0.1) is 21.5 Å². The molecule has 0 saturated heterocycles. The molecule has 8 heteroatoms. The van der Waals surface area contributed by atoms with Gasteiger partial charge in [-0.1, -0.05) is 54.1 Å². The Balaban J connectivity index is 1.49. The number of para-hydroxylation sites is 1. The van der Waals surface area contributed by atoms with Gasteiger partial charge in [0.1, 0.15) is 5.75 Å². The number of aromatic nitrogens is 1. The number of rotatable bonds is 5. The van der Waals surface area contributed by atoms with Crippen molar-refractivity contribution in [2.45, 2.75) is 24.3 Å². The smallest absolute Gasteiger partial charge is 0.258 e. The normalized spacial score (nSPS) is 16.4. The highest BCUT2D eigenvalue weighted by Gasteiger charge is 2.36. The van der Waals surface area contributed by atoms with Crippen molar-refractivity contribution in [2.75, 3.05) is 5.75 Å². The zero-order chi connectivity index (χ0) is 23.2. The van der Waals surface area contributed by atoms with Crippen LogP contribution in [-0.2, 0) is 21.7 Å². The zero-order valence-electron chi connectivity index (χ0n) is 18.3. The number of nitrogens with zero attached hydrogens (tertiary/aromatic N) is 3. The third-order valence-corrected chi connectivity index (χ3v) is 8.48. The molecule has 1 amide bonds. The molecule has 2 aromatic carbocycles. The summed E-state index contributed by atoms with van der Waals surface area (Å²) >= 11 is 1.56. The summed E-state index contributed by atoms with van der Waals surface area (Å²) in [5.41, 5.74) is 3.66. The Morgan fingerprint density at radius 3 is 2.58 bits per heavy atom. The number of aryl methyl sites for hydroxylation is 2. The predicted octanol–water partition coefficient (Wildman–Crippen LogP) is 4.70. The Bertz CT molecular complexity index is 1470. The van der Waals surface area contributed by atoms with Crippen molar-refractivity contribution in [3.8, 4) is 0 Å². The van der Waals surface area contributed by atoms with E-state index in [4.69, 9.17) is 0 Å². The zero-order valence-corrected chi connectivity index (χ0v) is 19.9. The third kappa shape index (κ3) is 4.00. The fourth-order valence-electron chi connectivity index (χ4n) is 4.24. The second-order valence-electron chi connectivity index (χ2n) is 8.27. The number of thiophene rings is 1. The lowest BCUT2D eigenvalue weighted by atomic mass is 10.00. The van der Waals surface area contributed by atoms with Crippen LogP contribution in [0.15, 0.2) is 82.2 Å². The van der Waals surface area contributed by atoms with Gasteiger partial charge in [-0.15, -0.1) is 11.3 Å². The molecule has 6 nitrogen and oxygen atoms in total. The molecule has 0 saturated carbocycles.